The summed E-state index contributed by atoms with van der Waals surface area (Å²) in [7, 11) is 3.03. The fourth-order valence-electron chi connectivity index (χ4n) is 4.89. The molecule has 1 aliphatic heterocycles. The van der Waals surface area contributed by atoms with E-state index in [1.165, 1.54) is 18.0 Å². The van der Waals surface area contributed by atoms with Crippen molar-refractivity contribution in [3.05, 3.63) is 29.8 Å². The summed E-state index contributed by atoms with van der Waals surface area (Å²) in [6.07, 6.45) is -1.11. The van der Waals surface area contributed by atoms with Crippen LogP contribution in [0.2, 0.25) is 0 Å². The van der Waals surface area contributed by atoms with Crippen LogP contribution in [0.5, 0.6) is 5.75 Å². The molecule has 1 aliphatic rings. The Kier molecular flexibility index (Phi) is 12.8. The molecule has 13 heteroatoms. The van der Waals surface area contributed by atoms with Crippen molar-refractivity contribution in [3.63, 3.8) is 0 Å². The highest BCUT2D eigenvalue weighted by atomic mass is 19.2. The van der Waals surface area contributed by atoms with Crippen LogP contribution in [0.25, 0.3) is 0 Å². The van der Waals surface area contributed by atoms with E-state index in [1.54, 1.807) is 39.6 Å². The summed E-state index contributed by atoms with van der Waals surface area (Å²) in [5.74, 6) is -2.35. The summed E-state index contributed by atoms with van der Waals surface area (Å²) in [5.41, 5.74) is -1.27. The minimum atomic E-state index is -1.07. The molecule has 1 aromatic carbocycles. The van der Waals surface area contributed by atoms with Crippen LogP contribution in [-0.4, -0.2) is 108 Å². The predicted octanol–water partition coefficient (Wildman–Crippen LogP) is 3.80. The average molecular weight is 628 g/mol. The highest BCUT2D eigenvalue weighted by Gasteiger charge is 2.41. The van der Waals surface area contributed by atoms with E-state index in [2.05, 4.69) is 10.6 Å². The highest BCUT2D eigenvalue weighted by Crippen LogP contribution is 2.28. The van der Waals surface area contributed by atoms with E-state index in [-0.39, 0.29) is 30.3 Å². The van der Waals surface area contributed by atoms with Gasteiger partial charge in [0.2, 0.25) is 5.91 Å². The Morgan fingerprint density at radius 3 is 2.30 bits per heavy atom. The van der Waals surface area contributed by atoms with Crippen molar-refractivity contribution in [2.24, 2.45) is 11.3 Å². The number of likely N-dealkylation sites (tertiary alicyclic amines) is 1. The van der Waals surface area contributed by atoms with Gasteiger partial charge in [0.05, 0.1) is 12.6 Å². The van der Waals surface area contributed by atoms with E-state index >= 15 is 0 Å². The van der Waals surface area contributed by atoms with Gasteiger partial charge < -0.3 is 30.1 Å². The first-order valence-electron chi connectivity index (χ1n) is 15.0. The second-order valence-electron chi connectivity index (χ2n) is 13.7. The zero-order valence-corrected chi connectivity index (χ0v) is 27.7. The Morgan fingerprint density at radius 1 is 1.11 bits per heavy atom. The first-order valence-corrected chi connectivity index (χ1v) is 15.0. The molecule has 1 fully saturated rings. The lowest BCUT2D eigenvalue weighted by molar-refractivity contribution is -0.130. The Labute approximate surface area is 260 Å². The summed E-state index contributed by atoms with van der Waals surface area (Å²) in [5, 5.41) is 17.1. The Hall–Kier alpha value is -3.19. The number of aliphatic hydroxyl groups is 1. The Bertz CT molecular complexity index is 1140. The molecule has 0 saturated carbocycles. The third-order valence-electron chi connectivity index (χ3n) is 7.59. The van der Waals surface area contributed by atoms with Gasteiger partial charge >= 0.3 is 12.1 Å². The molecule has 0 aromatic heterocycles. The van der Waals surface area contributed by atoms with E-state index in [0.29, 0.717) is 26.1 Å². The molecule has 2 rings (SSSR count). The minimum absolute atomic E-state index is 0.149. The van der Waals surface area contributed by atoms with Crippen molar-refractivity contribution in [1.29, 1.82) is 0 Å². The molecule has 250 valence electrons. The van der Waals surface area contributed by atoms with Crippen molar-refractivity contribution in [1.82, 2.24) is 25.3 Å². The van der Waals surface area contributed by atoms with Gasteiger partial charge in [0.25, 0.3) is 0 Å². The van der Waals surface area contributed by atoms with Crippen molar-refractivity contribution >= 4 is 18.0 Å². The quantitative estimate of drug-likeness (QED) is 0.341. The van der Waals surface area contributed by atoms with Gasteiger partial charge in [-0.05, 0) is 51.7 Å². The summed E-state index contributed by atoms with van der Waals surface area (Å²) in [6.45, 7) is 15.8. The molecule has 3 N–H and O–H groups in total. The number of ether oxygens (including phenoxy) is 2. The number of rotatable bonds is 11. The van der Waals surface area contributed by atoms with Crippen molar-refractivity contribution in [2.45, 2.75) is 91.8 Å². The minimum Gasteiger partial charge on any atom is -0.493 e. The fourth-order valence-corrected chi connectivity index (χ4v) is 4.89. The number of carbonyl (C=O) groups excluding carboxylic acids is 3. The van der Waals surface area contributed by atoms with E-state index < -0.39 is 53.0 Å². The molecule has 44 heavy (non-hydrogen) atoms. The van der Waals surface area contributed by atoms with E-state index in [4.69, 9.17) is 9.47 Å². The zero-order chi connectivity index (χ0) is 33.6. The summed E-state index contributed by atoms with van der Waals surface area (Å²) in [4.78, 5) is 43.4. The van der Waals surface area contributed by atoms with Crippen LogP contribution in [0.4, 0.5) is 18.4 Å². The van der Waals surface area contributed by atoms with E-state index in [9.17, 15) is 28.3 Å². The van der Waals surface area contributed by atoms with Gasteiger partial charge in [-0.1, -0.05) is 27.7 Å². The molecule has 11 nitrogen and oxygen atoms in total. The average Bonchev–Trinajstić information content (AvgIpc) is 3.42. The number of likely N-dealkylation sites (N-methyl/N-ethyl adjacent to an activating group) is 1. The van der Waals surface area contributed by atoms with Gasteiger partial charge in [-0.3, -0.25) is 14.6 Å². The maximum Gasteiger partial charge on any atom is 0.410 e. The smallest absolute Gasteiger partial charge is 0.410 e. The van der Waals surface area contributed by atoms with Crippen molar-refractivity contribution in [2.75, 3.05) is 40.3 Å². The summed E-state index contributed by atoms with van der Waals surface area (Å²) >= 11 is 0. The standard InChI is InChI=1S/C31H51F2N5O6/c1-19(18-43-22-11-12-23(32)24(33)15-22)16-38(28(41)34-9)21-13-14-37(17-21)27(40)25(30(3,4)5)35-26(39)20(2)36(10)29(42)44-31(6,7)8/h11-12,15,19-21,25,27,40H,13-14,16-18H2,1-10H3,(H,34,41)(H,35,39). The van der Waals surface area contributed by atoms with Crippen LogP contribution in [0.15, 0.2) is 18.2 Å². The molecule has 1 saturated heterocycles. The lowest BCUT2D eigenvalue weighted by atomic mass is 9.85. The number of amides is 4. The highest BCUT2D eigenvalue weighted by molar-refractivity contribution is 5.85. The monoisotopic (exact) mass is 627 g/mol. The third-order valence-corrected chi connectivity index (χ3v) is 7.59. The van der Waals surface area contributed by atoms with Crippen LogP contribution < -0.4 is 15.4 Å². The summed E-state index contributed by atoms with van der Waals surface area (Å²) in [6, 6.07) is 1.26. The molecule has 0 spiro atoms. The summed E-state index contributed by atoms with van der Waals surface area (Å²) < 4.78 is 37.8. The number of halogens is 2. The number of urea groups is 1. The van der Waals surface area contributed by atoms with E-state index in [0.717, 1.165) is 12.1 Å². The van der Waals surface area contributed by atoms with Crippen LogP contribution >= 0.6 is 0 Å². The molecule has 0 bridgehead atoms. The van der Waals surface area contributed by atoms with Gasteiger partial charge in [-0.15, -0.1) is 0 Å². The zero-order valence-electron chi connectivity index (χ0n) is 27.7. The lowest BCUT2D eigenvalue weighted by Crippen LogP contribution is -2.60. The molecule has 5 atom stereocenters. The lowest BCUT2D eigenvalue weighted by Gasteiger charge is -2.40. The molecule has 0 aliphatic carbocycles. The van der Waals surface area contributed by atoms with Crippen LogP contribution in [-0.2, 0) is 9.53 Å². The van der Waals surface area contributed by atoms with Gasteiger partial charge in [-0.2, -0.15) is 0 Å². The topological polar surface area (TPSA) is 124 Å². The normalized spacial score (nSPS) is 18.5. The van der Waals surface area contributed by atoms with E-state index in [1.807, 2.05) is 32.6 Å². The van der Waals surface area contributed by atoms with Gasteiger partial charge in [0.15, 0.2) is 11.6 Å². The van der Waals surface area contributed by atoms with Gasteiger partial charge in [-0.25, -0.2) is 18.4 Å². The maximum absolute atomic E-state index is 13.5. The first-order chi connectivity index (χ1) is 20.2. The molecular formula is C31H51F2N5O6. The Balaban J connectivity index is 2.08. The van der Waals surface area contributed by atoms with Gasteiger partial charge in [0.1, 0.15) is 23.6 Å². The van der Waals surface area contributed by atoms with Crippen LogP contribution in [0.1, 0.15) is 61.8 Å². The fraction of sp³-hybridized carbons (Fsp3) is 0.710. The second-order valence-corrected chi connectivity index (χ2v) is 13.7. The predicted molar refractivity (Wildman–Crippen MR) is 163 cm³/mol. The van der Waals surface area contributed by atoms with Crippen LogP contribution in [0, 0.1) is 23.0 Å². The number of nitrogens with one attached hydrogen (secondary N) is 2. The number of hydrogen-bond donors (Lipinski definition) is 3. The van der Waals surface area contributed by atoms with Crippen molar-refractivity contribution in [3.8, 4) is 5.75 Å². The number of carbonyl (C=O) groups is 3. The molecule has 0 radical (unpaired) electrons. The second kappa shape index (κ2) is 15.2. The number of benzene rings is 1. The molecule has 4 amide bonds. The maximum atomic E-state index is 13.5. The first kappa shape index (κ1) is 37.0. The SMILES string of the molecule is CNC(=O)N(CC(C)COc1ccc(F)c(F)c1)C1CCN(C(O)C(NC(=O)C(C)N(C)C(=O)OC(C)(C)C)C(C)(C)C)C1. The number of nitrogens with zero attached hydrogens (tertiary/aromatic N) is 3. The largest absolute Gasteiger partial charge is 0.493 e. The third kappa shape index (κ3) is 10.5. The molecule has 1 heterocycles. The number of aliphatic hydroxyl groups excluding tert-OH is 1. The molecule has 1 aromatic rings. The van der Waals surface area contributed by atoms with Gasteiger partial charge in [0, 0.05) is 51.8 Å². The number of hydrogen-bond acceptors (Lipinski definition) is 7. The molecular weight excluding hydrogens is 576 g/mol. The van der Waals surface area contributed by atoms with Crippen molar-refractivity contribution < 1.29 is 37.7 Å². The molecule has 5 unspecified atom stereocenters. The Morgan fingerprint density at radius 2 is 1.75 bits per heavy atom. The van der Waals surface area contributed by atoms with Crippen LogP contribution in [0.3, 0.4) is 0 Å².